The molecule has 0 aromatic heterocycles. The largest absolute Gasteiger partial charge is 0.481 e. The Bertz CT molecular complexity index is 1050. The number of benzene rings is 2. The summed E-state index contributed by atoms with van der Waals surface area (Å²) >= 11 is 0. The van der Waals surface area contributed by atoms with Gasteiger partial charge in [0.1, 0.15) is 6.61 Å². The van der Waals surface area contributed by atoms with Gasteiger partial charge in [-0.05, 0) is 48.4 Å². The number of alkyl carbamates (subject to hydrolysis) is 1. The van der Waals surface area contributed by atoms with Gasteiger partial charge in [0.2, 0.25) is 5.91 Å². The number of carboxylic acid groups (broad SMARTS) is 1. The van der Waals surface area contributed by atoms with Crippen LogP contribution in [0, 0.1) is 5.92 Å². The van der Waals surface area contributed by atoms with Crippen molar-refractivity contribution in [2.24, 2.45) is 5.92 Å². The number of carbonyl (C=O) groups excluding carboxylic acids is 2. The molecule has 0 saturated heterocycles. The van der Waals surface area contributed by atoms with Crippen LogP contribution in [-0.2, 0) is 14.3 Å². The molecule has 1 unspecified atom stereocenters. The highest BCUT2D eigenvalue weighted by atomic mass is 16.5. The third-order valence-electron chi connectivity index (χ3n) is 6.54. The van der Waals surface area contributed by atoms with Gasteiger partial charge in [-0.2, -0.15) is 0 Å². The van der Waals surface area contributed by atoms with Crippen molar-refractivity contribution in [3.8, 4) is 11.1 Å². The summed E-state index contributed by atoms with van der Waals surface area (Å²) in [7, 11) is 0. The molecule has 3 N–H and O–H groups in total. The summed E-state index contributed by atoms with van der Waals surface area (Å²) in [5, 5.41) is 14.8. The molecule has 34 heavy (non-hydrogen) atoms. The summed E-state index contributed by atoms with van der Waals surface area (Å²) < 4.78 is 5.56. The second-order valence-electron chi connectivity index (χ2n) is 9.02. The molecular weight excluding hydrogens is 432 g/mol. The van der Waals surface area contributed by atoms with Gasteiger partial charge in [-0.15, -0.1) is 0 Å². The number of ether oxygens (including phenoxy) is 1. The van der Waals surface area contributed by atoms with Crippen molar-refractivity contribution >= 4 is 18.0 Å². The topological polar surface area (TPSA) is 105 Å². The Morgan fingerprint density at radius 3 is 2.35 bits per heavy atom. The molecule has 7 heteroatoms. The van der Waals surface area contributed by atoms with Crippen molar-refractivity contribution in [3.63, 3.8) is 0 Å². The fourth-order valence-corrected chi connectivity index (χ4v) is 4.74. The summed E-state index contributed by atoms with van der Waals surface area (Å²) in [6.07, 6.45) is 4.70. The van der Waals surface area contributed by atoms with Gasteiger partial charge in [0.15, 0.2) is 0 Å². The smallest absolute Gasteiger partial charge is 0.407 e. The molecule has 2 aromatic carbocycles. The van der Waals surface area contributed by atoms with Crippen LogP contribution in [0.25, 0.3) is 11.1 Å². The Morgan fingerprint density at radius 2 is 1.71 bits per heavy atom. The third kappa shape index (κ3) is 5.47. The van der Waals surface area contributed by atoms with E-state index in [0.717, 1.165) is 11.1 Å². The van der Waals surface area contributed by atoms with Crippen LogP contribution in [0.15, 0.2) is 60.7 Å². The molecule has 0 bridgehead atoms. The van der Waals surface area contributed by atoms with Crippen molar-refractivity contribution < 1.29 is 24.2 Å². The lowest BCUT2D eigenvalue weighted by molar-refractivity contribution is -0.142. The Labute approximate surface area is 199 Å². The molecule has 2 aromatic rings. The zero-order valence-corrected chi connectivity index (χ0v) is 19.2. The number of aliphatic carboxylic acids is 1. The van der Waals surface area contributed by atoms with Gasteiger partial charge in [-0.1, -0.05) is 60.7 Å². The lowest BCUT2D eigenvalue weighted by Gasteiger charge is -2.23. The number of hydrogen-bond donors (Lipinski definition) is 3. The van der Waals surface area contributed by atoms with E-state index in [-0.39, 0.29) is 36.9 Å². The first kappa shape index (κ1) is 23.5. The molecule has 2 amide bonds. The van der Waals surface area contributed by atoms with E-state index in [0.29, 0.717) is 19.3 Å². The predicted molar refractivity (Wildman–Crippen MR) is 128 cm³/mol. The fraction of sp³-hybridized carbons (Fsp3) is 0.370. The minimum atomic E-state index is -0.843. The van der Waals surface area contributed by atoms with Crippen LogP contribution in [0.4, 0.5) is 4.79 Å². The van der Waals surface area contributed by atoms with E-state index in [4.69, 9.17) is 9.84 Å². The van der Waals surface area contributed by atoms with Gasteiger partial charge in [0.25, 0.3) is 0 Å². The molecule has 0 heterocycles. The second kappa shape index (κ2) is 10.5. The van der Waals surface area contributed by atoms with E-state index in [1.807, 2.05) is 37.3 Å². The van der Waals surface area contributed by atoms with Gasteiger partial charge in [-0.25, -0.2) is 4.79 Å². The molecule has 0 spiro atoms. The van der Waals surface area contributed by atoms with Gasteiger partial charge in [0, 0.05) is 24.4 Å². The van der Waals surface area contributed by atoms with Gasteiger partial charge in [0.05, 0.1) is 5.92 Å². The van der Waals surface area contributed by atoms with Crippen LogP contribution in [0.1, 0.15) is 49.7 Å². The van der Waals surface area contributed by atoms with Crippen molar-refractivity contribution in [2.45, 2.75) is 50.6 Å². The van der Waals surface area contributed by atoms with E-state index < -0.39 is 18.0 Å². The highest BCUT2D eigenvalue weighted by Crippen LogP contribution is 2.44. The van der Waals surface area contributed by atoms with Crippen LogP contribution in [0.2, 0.25) is 0 Å². The number of carbonyl (C=O) groups is 3. The van der Waals surface area contributed by atoms with Crippen molar-refractivity contribution in [2.75, 3.05) is 6.61 Å². The Hall–Kier alpha value is -3.61. The van der Waals surface area contributed by atoms with Crippen molar-refractivity contribution in [1.82, 2.24) is 10.6 Å². The molecule has 4 rings (SSSR count). The molecule has 2 aliphatic carbocycles. The molecule has 0 fully saturated rings. The summed E-state index contributed by atoms with van der Waals surface area (Å²) in [5.41, 5.74) is 4.66. The minimum Gasteiger partial charge on any atom is -0.481 e. The Morgan fingerprint density at radius 1 is 1.06 bits per heavy atom. The maximum Gasteiger partial charge on any atom is 0.407 e. The number of rotatable bonds is 8. The van der Waals surface area contributed by atoms with E-state index in [9.17, 15) is 14.4 Å². The first-order valence-corrected chi connectivity index (χ1v) is 11.7. The van der Waals surface area contributed by atoms with E-state index in [1.54, 1.807) is 6.08 Å². The predicted octanol–water partition coefficient (Wildman–Crippen LogP) is 4.23. The summed E-state index contributed by atoms with van der Waals surface area (Å²) in [4.78, 5) is 35.8. The van der Waals surface area contributed by atoms with Gasteiger partial charge < -0.3 is 20.5 Å². The molecule has 0 saturated carbocycles. The third-order valence-corrected chi connectivity index (χ3v) is 6.54. The van der Waals surface area contributed by atoms with Gasteiger partial charge >= 0.3 is 12.1 Å². The highest BCUT2D eigenvalue weighted by molar-refractivity contribution is 5.79. The zero-order chi connectivity index (χ0) is 24.1. The quantitative estimate of drug-likeness (QED) is 0.509. The zero-order valence-electron chi connectivity index (χ0n) is 19.2. The first-order chi connectivity index (χ1) is 16.4. The number of hydrogen-bond acceptors (Lipinski definition) is 4. The van der Waals surface area contributed by atoms with E-state index in [1.165, 1.54) is 11.1 Å². The molecule has 2 aliphatic rings. The first-order valence-electron chi connectivity index (χ1n) is 11.7. The summed E-state index contributed by atoms with van der Waals surface area (Å²) in [6.45, 7) is 2.07. The number of fused-ring (bicyclic) bond motifs is 3. The number of amides is 2. The Kier molecular flexibility index (Phi) is 7.30. The van der Waals surface area contributed by atoms with Crippen LogP contribution < -0.4 is 10.6 Å². The molecule has 0 radical (unpaired) electrons. The number of nitrogens with one attached hydrogen (secondary N) is 2. The van der Waals surface area contributed by atoms with Crippen LogP contribution in [0.5, 0.6) is 0 Å². The molecule has 3 atom stereocenters. The average molecular weight is 463 g/mol. The van der Waals surface area contributed by atoms with Crippen molar-refractivity contribution in [1.29, 1.82) is 0 Å². The van der Waals surface area contributed by atoms with Crippen LogP contribution in [0.3, 0.4) is 0 Å². The number of carboxylic acids is 1. The number of allylic oxidation sites excluding steroid dienone is 1. The normalized spacial score (nSPS) is 19.6. The summed E-state index contributed by atoms with van der Waals surface area (Å²) in [5.74, 6) is -1.48. The standard InChI is InChI=1S/C27H30N2O5/c1-17(13-14-25(30)29-19-8-6-7-18(15-19)26(31)32)28-27(33)34-16-24-22-11-4-2-9-20(22)21-10-3-5-12-23(21)24/h2-6,8-12,17-19,24H,7,13-16H2,1H3,(H,28,33)(H,29,30)(H,31,32)/t17?,18-,19-/m1/s1. The molecule has 7 nitrogen and oxygen atoms in total. The van der Waals surface area contributed by atoms with Gasteiger partial charge in [-0.3, -0.25) is 9.59 Å². The van der Waals surface area contributed by atoms with Crippen LogP contribution >= 0.6 is 0 Å². The maximum absolute atomic E-state index is 12.4. The second-order valence-corrected chi connectivity index (χ2v) is 9.02. The molecule has 178 valence electrons. The minimum absolute atomic E-state index is 0.00240. The monoisotopic (exact) mass is 462 g/mol. The maximum atomic E-state index is 12.4. The van der Waals surface area contributed by atoms with Crippen molar-refractivity contribution in [3.05, 3.63) is 71.8 Å². The van der Waals surface area contributed by atoms with Crippen LogP contribution in [-0.4, -0.2) is 41.8 Å². The highest BCUT2D eigenvalue weighted by Gasteiger charge is 2.29. The van der Waals surface area contributed by atoms with E-state index in [2.05, 4.69) is 34.9 Å². The molecular formula is C27H30N2O5. The molecule has 0 aliphatic heterocycles. The lowest BCUT2D eigenvalue weighted by Crippen LogP contribution is -2.39. The summed E-state index contributed by atoms with van der Waals surface area (Å²) in [6, 6.07) is 15.8. The Balaban J connectivity index is 1.22. The lowest BCUT2D eigenvalue weighted by atomic mass is 9.91. The fourth-order valence-electron chi connectivity index (χ4n) is 4.74. The average Bonchev–Trinajstić information content (AvgIpc) is 3.15. The SMILES string of the molecule is CC(CCC(=O)N[C@@H]1C=CC[C@@H](C(=O)O)C1)NC(=O)OCC1c2ccccc2-c2ccccc21. The van der Waals surface area contributed by atoms with E-state index >= 15 is 0 Å².